The predicted molar refractivity (Wildman–Crippen MR) is 137 cm³/mol. The van der Waals surface area contributed by atoms with Gasteiger partial charge < -0.3 is 10.6 Å². The first-order chi connectivity index (χ1) is 16.6. The minimum absolute atomic E-state index is 0.0582. The number of nitrogens with two attached hydrogens (primary N) is 1. The van der Waals surface area contributed by atoms with E-state index in [1.165, 1.54) is 12.1 Å². The van der Waals surface area contributed by atoms with E-state index in [0.717, 1.165) is 30.0 Å². The van der Waals surface area contributed by atoms with Crippen molar-refractivity contribution in [1.82, 2.24) is 4.90 Å². The molecule has 194 valence electrons. The molecule has 0 saturated carbocycles. The second-order valence-electron chi connectivity index (χ2n) is 9.11. The Labute approximate surface area is 208 Å². The number of hydrogen-bond donors (Lipinski definition) is 1. The summed E-state index contributed by atoms with van der Waals surface area (Å²) >= 11 is 0. The van der Waals surface area contributed by atoms with Gasteiger partial charge in [-0.1, -0.05) is 44.5 Å². The summed E-state index contributed by atoms with van der Waals surface area (Å²) in [6.07, 6.45) is 3.64. The van der Waals surface area contributed by atoms with Crippen LogP contribution < -0.4 is 5.73 Å². The minimum Gasteiger partial charge on any atom is -0.338 e. The van der Waals surface area contributed by atoms with Crippen molar-refractivity contribution in [2.75, 3.05) is 18.1 Å². The van der Waals surface area contributed by atoms with Crippen LogP contribution in [-0.4, -0.2) is 43.3 Å². The Morgan fingerprint density at radius 1 is 0.971 bits per heavy atom. The van der Waals surface area contributed by atoms with Gasteiger partial charge in [-0.3, -0.25) is 4.79 Å². The van der Waals surface area contributed by atoms with Crippen LogP contribution in [0.1, 0.15) is 62.6 Å². The van der Waals surface area contributed by atoms with Gasteiger partial charge in [-0.05, 0) is 60.9 Å². The fourth-order valence-electron chi connectivity index (χ4n) is 3.90. The molecule has 1 atom stereocenters. The zero-order valence-corrected chi connectivity index (χ0v) is 21.6. The third-order valence-corrected chi connectivity index (χ3v) is 7.79. The molecule has 2 aromatic rings. The minimum atomic E-state index is -3.27. The maximum atomic E-state index is 13.4. The average molecular weight is 509 g/mol. The first-order valence-corrected chi connectivity index (χ1v) is 14.2. The molecule has 0 unspecified atom stereocenters. The highest BCUT2D eigenvalue weighted by atomic mass is 32.2. The fraction of sp³-hybridized carbons (Fsp3) is 0.519. The Morgan fingerprint density at radius 3 is 2.31 bits per heavy atom. The molecule has 0 spiro atoms. The van der Waals surface area contributed by atoms with E-state index in [1.807, 2.05) is 25.1 Å². The Bertz CT molecular complexity index is 1040. The number of halogens is 2. The second-order valence-corrected chi connectivity index (χ2v) is 11.4. The zero-order chi connectivity index (χ0) is 25.8. The van der Waals surface area contributed by atoms with Gasteiger partial charge in [-0.25, -0.2) is 17.2 Å². The zero-order valence-electron chi connectivity index (χ0n) is 20.8. The van der Waals surface area contributed by atoms with Crippen LogP contribution >= 0.6 is 0 Å². The molecule has 2 rings (SSSR count). The Hall–Kier alpha value is -2.32. The summed E-state index contributed by atoms with van der Waals surface area (Å²) in [6, 6.07) is 11.1. The molecule has 0 aliphatic heterocycles. The topological polar surface area (TPSA) is 80.5 Å². The lowest BCUT2D eigenvalue weighted by molar-refractivity contribution is -0.131. The molecule has 8 heteroatoms. The first-order valence-electron chi connectivity index (χ1n) is 12.4. The van der Waals surface area contributed by atoms with E-state index in [9.17, 15) is 22.0 Å². The van der Waals surface area contributed by atoms with E-state index in [0.29, 0.717) is 44.3 Å². The third kappa shape index (κ3) is 10.9. The lowest BCUT2D eigenvalue weighted by atomic mass is 10.0. The van der Waals surface area contributed by atoms with Gasteiger partial charge in [0.15, 0.2) is 9.84 Å². The molecule has 0 saturated heterocycles. The number of benzene rings is 2. The number of carbonyl (C=O) groups is 1. The Morgan fingerprint density at radius 2 is 1.66 bits per heavy atom. The monoisotopic (exact) mass is 508 g/mol. The van der Waals surface area contributed by atoms with E-state index >= 15 is 0 Å². The van der Waals surface area contributed by atoms with Crippen LogP contribution in [0.3, 0.4) is 0 Å². The van der Waals surface area contributed by atoms with Gasteiger partial charge in [0.2, 0.25) is 5.91 Å². The van der Waals surface area contributed by atoms with Gasteiger partial charge in [-0.2, -0.15) is 0 Å². The van der Waals surface area contributed by atoms with Gasteiger partial charge in [0.1, 0.15) is 11.6 Å². The highest BCUT2D eigenvalue weighted by Gasteiger charge is 2.19. The van der Waals surface area contributed by atoms with Crippen LogP contribution in [-0.2, 0) is 34.0 Å². The molecular formula is C27H38F2N2O3S. The summed E-state index contributed by atoms with van der Waals surface area (Å²) in [7, 11) is -3.27. The molecule has 0 bridgehead atoms. The Balaban J connectivity index is 2.01. The van der Waals surface area contributed by atoms with Crippen LogP contribution in [0.4, 0.5) is 8.78 Å². The van der Waals surface area contributed by atoms with E-state index in [2.05, 4.69) is 13.0 Å². The highest BCUT2D eigenvalue weighted by molar-refractivity contribution is 7.91. The number of aryl methyl sites for hydroxylation is 2. The predicted octanol–water partition coefficient (Wildman–Crippen LogP) is 4.81. The van der Waals surface area contributed by atoms with Gasteiger partial charge in [0, 0.05) is 31.6 Å². The van der Waals surface area contributed by atoms with E-state index < -0.39 is 21.5 Å². The summed E-state index contributed by atoms with van der Waals surface area (Å²) < 4.78 is 51.3. The van der Waals surface area contributed by atoms with E-state index in [-0.39, 0.29) is 29.9 Å². The molecular weight excluding hydrogens is 470 g/mol. The van der Waals surface area contributed by atoms with Gasteiger partial charge in [0.25, 0.3) is 0 Å². The van der Waals surface area contributed by atoms with Crippen molar-refractivity contribution < 1.29 is 22.0 Å². The molecule has 35 heavy (non-hydrogen) atoms. The molecule has 0 aliphatic carbocycles. The van der Waals surface area contributed by atoms with Crippen LogP contribution in [0, 0.1) is 11.6 Å². The summed E-state index contributed by atoms with van der Waals surface area (Å²) in [4.78, 5) is 14.7. The van der Waals surface area contributed by atoms with Crippen molar-refractivity contribution in [1.29, 1.82) is 0 Å². The number of sulfone groups is 1. The average Bonchev–Trinajstić information content (AvgIpc) is 2.82. The highest BCUT2D eigenvalue weighted by Crippen LogP contribution is 2.14. The number of hydrogen-bond acceptors (Lipinski definition) is 4. The first kappa shape index (κ1) is 28.9. The lowest BCUT2D eigenvalue weighted by Crippen LogP contribution is -2.36. The number of amides is 1. The summed E-state index contributed by atoms with van der Waals surface area (Å²) in [5.41, 5.74) is 8.95. The van der Waals surface area contributed by atoms with Gasteiger partial charge >= 0.3 is 0 Å². The molecule has 0 heterocycles. The summed E-state index contributed by atoms with van der Waals surface area (Å²) in [5.74, 6) is -1.51. The van der Waals surface area contributed by atoms with Crippen LogP contribution in [0.2, 0.25) is 0 Å². The molecule has 2 aromatic carbocycles. The lowest BCUT2D eigenvalue weighted by Gasteiger charge is -2.25. The molecule has 0 radical (unpaired) electrons. The van der Waals surface area contributed by atoms with Crippen molar-refractivity contribution in [2.45, 2.75) is 71.4 Å². The number of carbonyl (C=O) groups excluding carboxylic acids is 1. The molecule has 1 amide bonds. The smallest absolute Gasteiger partial charge is 0.223 e. The molecule has 0 aromatic heterocycles. The molecule has 2 N–H and O–H groups in total. The van der Waals surface area contributed by atoms with Crippen molar-refractivity contribution in [3.05, 3.63) is 70.8 Å². The summed E-state index contributed by atoms with van der Waals surface area (Å²) in [6.45, 7) is 4.75. The maximum Gasteiger partial charge on any atom is 0.223 e. The number of rotatable bonds is 15. The quantitative estimate of drug-likeness (QED) is 0.374. The maximum absolute atomic E-state index is 13.4. The van der Waals surface area contributed by atoms with Gasteiger partial charge in [-0.15, -0.1) is 0 Å². The summed E-state index contributed by atoms with van der Waals surface area (Å²) in [5, 5.41) is 0. The van der Waals surface area contributed by atoms with E-state index in [4.69, 9.17) is 5.73 Å². The van der Waals surface area contributed by atoms with Crippen molar-refractivity contribution >= 4 is 15.7 Å². The third-order valence-electron chi connectivity index (χ3n) is 6.06. The largest absolute Gasteiger partial charge is 0.338 e. The van der Waals surface area contributed by atoms with Crippen molar-refractivity contribution in [3.8, 4) is 0 Å². The number of nitrogens with zero attached hydrogens (tertiary/aromatic N) is 1. The van der Waals surface area contributed by atoms with Crippen molar-refractivity contribution in [3.63, 3.8) is 0 Å². The van der Waals surface area contributed by atoms with Crippen LogP contribution in [0.25, 0.3) is 0 Å². The number of unbranched alkanes of at least 4 members (excludes halogenated alkanes) is 1. The second kappa shape index (κ2) is 14.3. The molecule has 0 fully saturated rings. The molecule has 5 nitrogen and oxygen atoms in total. The SMILES string of the molecule is CCCCS(=O)(=O)CCC(=O)N(CC[C@@H](N)CCc1cc(F)cc(F)c1)Cc1cccc(CC)c1. The van der Waals surface area contributed by atoms with Crippen molar-refractivity contribution in [2.24, 2.45) is 5.73 Å². The van der Waals surface area contributed by atoms with E-state index in [1.54, 1.807) is 4.90 Å². The fourth-order valence-corrected chi connectivity index (χ4v) is 5.32. The normalized spacial score (nSPS) is 12.5. The Kier molecular flexibility index (Phi) is 11.8. The standard InChI is InChI=1S/C27H38F2N2O3S/c1-3-5-14-35(33,34)15-12-27(32)31(20-23-8-6-7-21(4-2)16-23)13-11-26(30)10-9-22-17-24(28)19-25(29)18-22/h6-8,16-19,26H,3-5,9-15,20,30H2,1-2H3/t26-/m0/s1. The molecule has 0 aliphatic rings. The van der Waals surface area contributed by atoms with Crippen LogP contribution in [0.5, 0.6) is 0 Å². The van der Waals surface area contributed by atoms with Crippen LogP contribution in [0.15, 0.2) is 42.5 Å². The van der Waals surface area contributed by atoms with Gasteiger partial charge in [0.05, 0.1) is 11.5 Å².